The van der Waals surface area contributed by atoms with E-state index >= 15 is 0 Å². The molecular weight excluding hydrogens is 310 g/mol. The number of carbonyl (C=O) groups is 3. The molecule has 0 amide bonds. The molecule has 1 saturated heterocycles. The molecule has 128 valence electrons. The zero-order valence-electron chi connectivity index (χ0n) is 13.6. The number of ether oxygens (including phenoxy) is 4. The summed E-state index contributed by atoms with van der Waals surface area (Å²) in [6.07, 6.45) is -0.242. The lowest BCUT2D eigenvalue weighted by atomic mass is 9.89. The zero-order chi connectivity index (χ0) is 17.4. The van der Waals surface area contributed by atoms with Crippen molar-refractivity contribution in [2.45, 2.75) is 38.5 Å². The van der Waals surface area contributed by atoms with E-state index in [2.05, 4.69) is 0 Å². The number of cyclic esters (lactones) is 2. The average molecular weight is 329 g/mol. The van der Waals surface area contributed by atoms with Gasteiger partial charge in [0.2, 0.25) is 0 Å². The lowest BCUT2D eigenvalue weighted by Gasteiger charge is -2.46. The Kier molecular flexibility index (Phi) is 4.25. The number of esters is 2. The van der Waals surface area contributed by atoms with E-state index in [4.69, 9.17) is 23.8 Å². The number of rotatable bonds is 3. The molecule has 0 radical (unpaired) electrons. The summed E-state index contributed by atoms with van der Waals surface area (Å²) in [5.74, 6) is -3.28. The summed E-state index contributed by atoms with van der Waals surface area (Å²) in [5.41, 5.74) is -1.96. The largest absolute Gasteiger partial charge is 0.497 e. The van der Waals surface area contributed by atoms with Gasteiger partial charge in [-0.1, -0.05) is 0 Å². The van der Waals surface area contributed by atoms with Crippen LogP contribution < -0.4 is 0 Å². The molecule has 2 rings (SSSR count). The van der Waals surface area contributed by atoms with Crippen molar-refractivity contribution in [3.05, 3.63) is 11.5 Å². The Morgan fingerprint density at radius 3 is 2.04 bits per heavy atom. The highest BCUT2D eigenvalue weighted by atomic mass is 16.8. The van der Waals surface area contributed by atoms with Gasteiger partial charge >= 0.3 is 17.9 Å². The Hall–Kier alpha value is -2.29. The van der Waals surface area contributed by atoms with Crippen molar-refractivity contribution < 1.29 is 38.2 Å². The molecule has 0 N–H and O–H groups in total. The van der Waals surface area contributed by atoms with Crippen LogP contribution >= 0.6 is 0 Å². The molecule has 0 aliphatic carbocycles. The topological polar surface area (TPSA) is 101 Å². The molecule has 1 fully saturated rings. The molecule has 0 bridgehead atoms. The number of nitrogens with zero attached hydrogens (tertiary/aromatic N) is 1. The first kappa shape index (κ1) is 17.1. The Morgan fingerprint density at radius 1 is 1.09 bits per heavy atom. The van der Waals surface area contributed by atoms with E-state index in [0.717, 1.165) is 12.0 Å². The maximum Gasteiger partial charge on any atom is 0.345 e. The van der Waals surface area contributed by atoms with E-state index in [-0.39, 0.29) is 18.7 Å². The highest BCUT2D eigenvalue weighted by Crippen LogP contribution is 2.39. The summed E-state index contributed by atoms with van der Waals surface area (Å²) in [7, 11) is 2.78. The van der Waals surface area contributed by atoms with Gasteiger partial charge in [0, 0.05) is 20.8 Å². The second kappa shape index (κ2) is 5.73. The summed E-state index contributed by atoms with van der Waals surface area (Å²) in [6.45, 7) is 3.85. The van der Waals surface area contributed by atoms with Crippen LogP contribution in [0.1, 0.15) is 27.2 Å². The van der Waals surface area contributed by atoms with Gasteiger partial charge in [-0.2, -0.15) is 0 Å². The number of hydrogen-bond acceptors (Lipinski definition) is 9. The van der Waals surface area contributed by atoms with Crippen molar-refractivity contribution in [1.29, 1.82) is 0 Å². The fraction of sp³-hybridized carbons (Fsp3) is 0.643. The second-order valence-corrected chi connectivity index (χ2v) is 5.59. The van der Waals surface area contributed by atoms with Gasteiger partial charge in [0.05, 0.1) is 27.2 Å². The smallest absolute Gasteiger partial charge is 0.345 e. The minimum absolute atomic E-state index is 0.163. The summed E-state index contributed by atoms with van der Waals surface area (Å²) in [4.78, 5) is 41.6. The van der Waals surface area contributed by atoms with E-state index in [9.17, 15) is 14.4 Å². The molecule has 0 atom stereocenters. The summed E-state index contributed by atoms with van der Waals surface area (Å²) < 4.78 is 20.7. The molecule has 9 nitrogen and oxygen atoms in total. The van der Waals surface area contributed by atoms with E-state index < -0.39 is 29.2 Å². The third-order valence-electron chi connectivity index (χ3n) is 3.52. The van der Waals surface area contributed by atoms with Crippen molar-refractivity contribution in [3.63, 3.8) is 0 Å². The Morgan fingerprint density at radius 2 is 1.61 bits per heavy atom. The van der Waals surface area contributed by atoms with E-state index in [0.29, 0.717) is 5.76 Å². The zero-order valence-corrected chi connectivity index (χ0v) is 13.6. The van der Waals surface area contributed by atoms with Gasteiger partial charge < -0.3 is 23.8 Å². The fourth-order valence-corrected chi connectivity index (χ4v) is 2.47. The summed E-state index contributed by atoms with van der Waals surface area (Å²) in [5, 5.41) is 0.913. The number of carbonyl (C=O) groups excluding carboxylic acids is 3. The number of hydrogen-bond donors (Lipinski definition) is 0. The lowest BCUT2D eigenvalue weighted by molar-refractivity contribution is -0.281. The Labute approximate surface area is 133 Å². The average Bonchev–Trinajstić information content (AvgIpc) is 2.43. The van der Waals surface area contributed by atoms with Crippen molar-refractivity contribution >= 4 is 17.9 Å². The molecule has 2 aliphatic heterocycles. The molecule has 2 heterocycles. The monoisotopic (exact) mass is 329 g/mol. The number of methoxy groups -OCH3 is 2. The van der Waals surface area contributed by atoms with Crippen LogP contribution in [0.2, 0.25) is 0 Å². The van der Waals surface area contributed by atoms with Crippen LogP contribution in [0.25, 0.3) is 0 Å². The van der Waals surface area contributed by atoms with Gasteiger partial charge in [0.15, 0.2) is 5.76 Å². The van der Waals surface area contributed by atoms with Gasteiger partial charge in [-0.25, -0.2) is 9.59 Å². The predicted molar refractivity (Wildman–Crippen MR) is 73.1 cm³/mol. The predicted octanol–water partition coefficient (Wildman–Crippen LogP) is 0.249. The minimum atomic E-state index is -1.96. The molecule has 0 aromatic heterocycles. The number of hydroxylamine groups is 2. The lowest BCUT2D eigenvalue weighted by Crippen LogP contribution is -2.69. The Balaban J connectivity index is 2.51. The van der Waals surface area contributed by atoms with Crippen LogP contribution in [0.4, 0.5) is 0 Å². The van der Waals surface area contributed by atoms with Crippen LogP contribution in [0.5, 0.6) is 0 Å². The Bertz CT molecular complexity index is 559. The van der Waals surface area contributed by atoms with E-state index in [1.165, 1.54) is 28.1 Å². The maximum absolute atomic E-state index is 12.6. The van der Waals surface area contributed by atoms with E-state index in [1.54, 1.807) is 0 Å². The van der Waals surface area contributed by atoms with Crippen molar-refractivity contribution in [2.24, 2.45) is 0 Å². The first-order valence-electron chi connectivity index (χ1n) is 6.89. The van der Waals surface area contributed by atoms with Gasteiger partial charge in [-0.05, 0) is 0 Å². The molecular formula is C14H19NO8. The van der Waals surface area contributed by atoms with Crippen molar-refractivity contribution in [1.82, 2.24) is 5.06 Å². The summed E-state index contributed by atoms with van der Waals surface area (Å²) in [6, 6.07) is 0. The molecule has 0 aromatic rings. The maximum atomic E-state index is 12.6. The van der Waals surface area contributed by atoms with Crippen molar-refractivity contribution in [2.75, 3.05) is 20.8 Å². The van der Waals surface area contributed by atoms with Crippen LogP contribution in [0, 0.1) is 0 Å². The molecule has 9 heteroatoms. The van der Waals surface area contributed by atoms with Crippen LogP contribution in [0.3, 0.4) is 0 Å². The summed E-state index contributed by atoms with van der Waals surface area (Å²) >= 11 is 0. The van der Waals surface area contributed by atoms with Gasteiger partial charge in [0.25, 0.3) is 11.3 Å². The second-order valence-electron chi connectivity index (χ2n) is 5.59. The highest BCUT2D eigenvalue weighted by Gasteiger charge is 2.64. The fourth-order valence-electron chi connectivity index (χ4n) is 2.47. The third kappa shape index (κ3) is 2.83. The normalized spacial score (nSPS) is 23.2. The van der Waals surface area contributed by atoms with Crippen LogP contribution in [-0.2, 0) is 38.2 Å². The van der Waals surface area contributed by atoms with Gasteiger partial charge in [0.1, 0.15) is 5.76 Å². The van der Waals surface area contributed by atoms with E-state index in [1.807, 2.05) is 0 Å². The molecule has 0 saturated carbocycles. The molecule has 1 spiro atoms. The first-order valence-corrected chi connectivity index (χ1v) is 6.89. The highest BCUT2D eigenvalue weighted by molar-refractivity contribution is 6.07. The van der Waals surface area contributed by atoms with Gasteiger partial charge in [-0.15, -0.1) is 5.06 Å². The molecule has 0 unspecified atom stereocenters. The first-order chi connectivity index (χ1) is 10.7. The SMILES string of the molecule is COC1=C(OC)CC2(C(=O)OC(C)(C)OC2=O)N(OC(C)=O)C1. The molecule has 23 heavy (non-hydrogen) atoms. The molecule has 2 aliphatic rings. The standard InChI is InChI=1S/C14H19NO8/c1-8(16)23-15-7-10(20-5)9(19-4)6-14(15)11(17)21-13(2,3)22-12(14)18/h6-7H2,1-5H3. The van der Waals surface area contributed by atoms with Crippen LogP contribution in [0.15, 0.2) is 11.5 Å². The van der Waals surface area contributed by atoms with Crippen LogP contribution in [-0.4, -0.2) is 55.1 Å². The molecule has 0 aromatic carbocycles. The minimum Gasteiger partial charge on any atom is -0.497 e. The van der Waals surface area contributed by atoms with Crippen molar-refractivity contribution in [3.8, 4) is 0 Å². The van der Waals surface area contributed by atoms with Gasteiger partial charge in [-0.3, -0.25) is 4.79 Å². The third-order valence-corrected chi connectivity index (χ3v) is 3.52. The quantitative estimate of drug-likeness (QED) is 0.532.